The van der Waals surface area contributed by atoms with E-state index in [1.54, 1.807) is 6.08 Å². The Morgan fingerprint density at radius 2 is 2.16 bits per heavy atom. The molecular weight excluding hydrogens is 338 g/mol. The van der Waals surface area contributed by atoms with Crippen LogP contribution in [0.25, 0.3) is 0 Å². The molecule has 1 atom stereocenters. The normalized spacial score (nSPS) is 12.0. The molecule has 0 saturated heterocycles. The molecule has 0 aliphatic heterocycles. The van der Waals surface area contributed by atoms with E-state index in [-0.39, 0.29) is 6.04 Å². The van der Waals surface area contributed by atoms with Gasteiger partial charge < -0.3 is 14.8 Å². The van der Waals surface area contributed by atoms with Crippen LogP contribution >= 0.6 is 11.6 Å². The van der Waals surface area contributed by atoms with E-state index in [1.165, 1.54) is 0 Å². The van der Waals surface area contributed by atoms with Gasteiger partial charge in [-0.25, -0.2) is 0 Å². The zero-order chi connectivity index (χ0) is 18.2. The van der Waals surface area contributed by atoms with Crippen LogP contribution in [0.4, 0.5) is 0 Å². The fourth-order valence-corrected chi connectivity index (χ4v) is 2.98. The third kappa shape index (κ3) is 5.00. The summed E-state index contributed by atoms with van der Waals surface area (Å²) in [7, 11) is 1.95. The van der Waals surface area contributed by atoms with Crippen LogP contribution in [0.5, 0.6) is 11.5 Å². The van der Waals surface area contributed by atoms with Gasteiger partial charge in [-0.2, -0.15) is 5.10 Å². The number of nitrogens with one attached hydrogen (secondary N) is 1. The zero-order valence-corrected chi connectivity index (χ0v) is 15.8. The summed E-state index contributed by atoms with van der Waals surface area (Å²) in [6, 6.07) is 6.13. The summed E-state index contributed by atoms with van der Waals surface area (Å²) in [6.45, 7) is 9.35. The molecule has 1 aromatic heterocycles. The standard InChI is InChI=1S/C19H26ClN3O2/c1-5-10-25-19-15(20)11-14(12-18(19)24-7-3)13-21-16(6-2)17-8-9-22-23(17)4/h5,8-9,11-12,16,21H,1,6-7,10,13H2,2-4H3/t16-/m0/s1. The Bertz CT molecular complexity index is 700. The minimum atomic E-state index is 0.221. The molecule has 0 bridgehead atoms. The van der Waals surface area contributed by atoms with Crippen LogP contribution in [0.1, 0.15) is 37.6 Å². The Morgan fingerprint density at radius 3 is 2.76 bits per heavy atom. The predicted molar refractivity (Wildman–Crippen MR) is 101 cm³/mol. The second-order valence-corrected chi connectivity index (χ2v) is 6.07. The number of nitrogens with zero attached hydrogens (tertiary/aromatic N) is 2. The van der Waals surface area contributed by atoms with Crippen molar-refractivity contribution in [1.29, 1.82) is 0 Å². The van der Waals surface area contributed by atoms with Crippen molar-refractivity contribution < 1.29 is 9.47 Å². The second kappa shape index (κ2) is 9.49. The van der Waals surface area contributed by atoms with Gasteiger partial charge in [0.1, 0.15) is 6.61 Å². The van der Waals surface area contributed by atoms with Crippen LogP contribution in [0.2, 0.25) is 5.02 Å². The molecule has 0 amide bonds. The minimum absolute atomic E-state index is 0.221. The summed E-state index contributed by atoms with van der Waals surface area (Å²) in [5.41, 5.74) is 2.20. The molecule has 25 heavy (non-hydrogen) atoms. The zero-order valence-electron chi connectivity index (χ0n) is 15.1. The van der Waals surface area contributed by atoms with Crippen molar-refractivity contribution in [2.24, 2.45) is 7.05 Å². The van der Waals surface area contributed by atoms with Crippen molar-refractivity contribution in [1.82, 2.24) is 15.1 Å². The summed E-state index contributed by atoms with van der Waals surface area (Å²) < 4.78 is 13.2. The summed E-state index contributed by atoms with van der Waals surface area (Å²) >= 11 is 6.40. The van der Waals surface area contributed by atoms with Gasteiger partial charge in [-0.1, -0.05) is 31.2 Å². The first-order valence-corrected chi connectivity index (χ1v) is 8.88. The maximum Gasteiger partial charge on any atom is 0.180 e. The molecule has 1 aromatic carbocycles. The SMILES string of the molecule is C=CCOc1c(Cl)cc(CN[C@@H](CC)c2ccnn2C)cc1OCC. The van der Waals surface area contributed by atoms with Crippen LogP contribution < -0.4 is 14.8 Å². The Labute approximate surface area is 154 Å². The Kier molecular flexibility index (Phi) is 7.34. The van der Waals surface area contributed by atoms with E-state index >= 15 is 0 Å². The molecule has 0 spiro atoms. The van der Waals surface area contributed by atoms with Gasteiger partial charge in [-0.15, -0.1) is 0 Å². The highest BCUT2D eigenvalue weighted by Gasteiger charge is 2.15. The van der Waals surface area contributed by atoms with Crippen LogP contribution in [0.3, 0.4) is 0 Å². The molecule has 2 rings (SSSR count). The molecule has 0 aliphatic rings. The van der Waals surface area contributed by atoms with Gasteiger partial charge in [0.25, 0.3) is 0 Å². The topological polar surface area (TPSA) is 48.3 Å². The molecule has 0 fully saturated rings. The van der Waals surface area contributed by atoms with Crippen LogP contribution in [-0.2, 0) is 13.6 Å². The largest absolute Gasteiger partial charge is 0.490 e. The summed E-state index contributed by atoms with van der Waals surface area (Å²) in [5.74, 6) is 1.22. The molecule has 0 saturated carbocycles. The average molecular weight is 364 g/mol. The summed E-state index contributed by atoms with van der Waals surface area (Å²) in [4.78, 5) is 0. The number of halogens is 1. The molecule has 6 heteroatoms. The van der Waals surface area contributed by atoms with Gasteiger partial charge in [-0.3, -0.25) is 4.68 Å². The maximum atomic E-state index is 6.40. The van der Waals surface area contributed by atoms with Gasteiger partial charge in [0.2, 0.25) is 0 Å². The smallest absolute Gasteiger partial charge is 0.180 e. The fraction of sp³-hybridized carbons (Fsp3) is 0.421. The lowest BCUT2D eigenvalue weighted by Crippen LogP contribution is -2.22. The van der Waals surface area contributed by atoms with E-state index < -0.39 is 0 Å². The van der Waals surface area contributed by atoms with Gasteiger partial charge in [0.05, 0.1) is 17.3 Å². The molecule has 0 unspecified atom stereocenters. The minimum Gasteiger partial charge on any atom is -0.490 e. The number of rotatable bonds is 10. The number of benzene rings is 1. The lowest BCUT2D eigenvalue weighted by molar-refractivity contribution is 0.296. The van der Waals surface area contributed by atoms with Crippen molar-refractivity contribution in [3.8, 4) is 11.5 Å². The Morgan fingerprint density at radius 1 is 1.36 bits per heavy atom. The summed E-state index contributed by atoms with van der Waals surface area (Å²) in [5, 5.41) is 8.34. The molecule has 2 aromatic rings. The predicted octanol–water partition coefficient (Wildman–Crippen LogP) is 4.28. The molecule has 136 valence electrons. The first kappa shape index (κ1) is 19.3. The van der Waals surface area contributed by atoms with Crippen molar-refractivity contribution in [3.05, 3.63) is 53.3 Å². The number of hydrogen-bond acceptors (Lipinski definition) is 4. The monoisotopic (exact) mass is 363 g/mol. The van der Waals surface area contributed by atoms with E-state index in [4.69, 9.17) is 21.1 Å². The highest BCUT2D eigenvalue weighted by atomic mass is 35.5. The molecule has 1 heterocycles. The highest BCUT2D eigenvalue weighted by molar-refractivity contribution is 6.32. The van der Waals surface area contributed by atoms with Crippen LogP contribution in [0, 0.1) is 0 Å². The lowest BCUT2D eigenvalue weighted by Gasteiger charge is -2.19. The average Bonchev–Trinajstić information content (AvgIpc) is 3.01. The van der Waals surface area contributed by atoms with E-state index in [2.05, 4.69) is 23.9 Å². The molecule has 5 nitrogen and oxygen atoms in total. The third-order valence-electron chi connectivity index (χ3n) is 3.89. The Hall–Kier alpha value is -1.98. The van der Waals surface area contributed by atoms with Gasteiger partial charge in [0, 0.05) is 25.8 Å². The Balaban J connectivity index is 2.15. The van der Waals surface area contributed by atoms with Gasteiger partial charge in [-0.05, 0) is 37.1 Å². The summed E-state index contributed by atoms with van der Waals surface area (Å²) in [6.07, 6.45) is 4.46. The van der Waals surface area contributed by atoms with Crippen molar-refractivity contribution in [3.63, 3.8) is 0 Å². The lowest BCUT2D eigenvalue weighted by atomic mass is 10.1. The molecule has 0 aliphatic carbocycles. The molecular formula is C19H26ClN3O2. The fourth-order valence-electron chi connectivity index (χ4n) is 2.69. The van der Waals surface area contributed by atoms with Crippen molar-refractivity contribution >= 4 is 11.6 Å². The van der Waals surface area contributed by atoms with Gasteiger partial charge in [0.15, 0.2) is 11.5 Å². The first-order chi connectivity index (χ1) is 12.1. The second-order valence-electron chi connectivity index (χ2n) is 5.66. The highest BCUT2D eigenvalue weighted by Crippen LogP contribution is 2.37. The molecule has 0 radical (unpaired) electrons. The first-order valence-electron chi connectivity index (χ1n) is 8.50. The van der Waals surface area contributed by atoms with Crippen molar-refractivity contribution in [2.75, 3.05) is 13.2 Å². The number of aromatic nitrogens is 2. The van der Waals surface area contributed by atoms with Crippen molar-refractivity contribution in [2.45, 2.75) is 32.9 Å². The van der Waals surface area contributed by atoms with Crippen LogP contribution in [-0.4, -0.2) is 23.0 Å². The van der Waals surface area contributed by atoms with E-state index in [9.17, 15) is 0 Å². The molecule has 1 N–H and O–H groups in total. The van der Waals surface area contributed by atoms with E-state index in [0.29, 0.717) is 36.3 Å². The number of hydrogen-bond donors (Lipinski definition) is 1. The van der Waals surface area contributed by atoms with E-state index in [1.807, 2.05) is 43.0 Å². The van der Waals surface area contributed by atoms with E-state index in [0.717, 1.165) is 17.7 Å². The quantitative estimate of drug-likeness (QED) is 0.640. The third-order valence-corrected chi connectivity index (χ3v) is 4.17. The number of aryl methyl sites for hydroxylation is 1. The maximum absolute atomic E-state index is 6.40. The van der Waals surface area contributed by atoms with Crippen LogP contribution in [0.15, 0.2) is 37.1 Å². The number of ether oxygens (including phenoxy) is 2. The van der Waals surface area contributed by atoms with Gasteiger partial charge >= 0.3 is 0 Å².